The number of ketones is 1. The van der Waals surface area contributed by atoms with Gasteiger partial charge in [-0.2, -0.15) is 0 Å². The summed E-state index contributed by atoms with van der Waals surface area (Å²) >= 11 is 0. The highest BCUT2D eigenvalue weighted by Gasteiger charge is 2.30. The van der Waals surface area contributed by atoms with Gasteiger partial charge in [0.15, 0.2) is 5.78 Å². The Bertz CT molecular complexity index is 1420. The van der Waals surface area contributed by atoms with E-state index in [4.69, 9.17) is 9.84 Å². The molecular weight excluding hydrogens is 462 g/mol. The van der Waals surface area contributed by atoms with E-state index in [1.165, 1.54) is 16.3 Å². The molecule has 0 saturated carbocycles. The number of nitrogens with one attached hydrogen (secondary N) is 1. The van der Waals surface area contributed by atoms with Crippen LogP contribution in [-0.4, -0.2) is 29.5 Å². The third kappa shape index (κ3) is 5.57. The summed E-state index contributed by atoms with van der Waals surface area (Å²) in [5, 5.41) is 15.1. The lowest BCUT2D eigenvalue weighted by Crippen LogP contribution is -2.37. The van der Waals surface area contributed by atoms with Gasteiger partial charge in [0.2, 0.25) is 0 Å². The monoisotopic (exact) mass is 493 g/mol. The van der Waals surface area contributed by atoms with Crippen molar-refractivity contribution in [2.75, 3.05) is 6.54 Å². The van der Waals surface area contributed by atoms with E-state index in [0.717, 1.165) is 23.3 Å². The molecule has 5 nitrogen and oxygen atoms in total. The van der Waals surface area contributed by atoms with E-state index < -0.39 is 5.97 Å². The van der Waals surface area contributed by atoms with Crippen molar-refractivity contribution in [1.29, 1.82) is 0 Å². The van der Waals surface area contributed by atoms with Crippen LogP contribution in [0.4, 0.5) is 0 Å². The first-order chi connectivity index (χ1) is 18.0. The number of ether oxygens (including phenoxy) is 1. The van der Waals surface area contributed by atoms with Gasteiger partial charge in [0, 0.05) is 36.1 Å². The summed E-state index contributed by atoms with van der Waals surface area (Å²) in [6, 6.07) is 30.7. The quantitative estimate of drug-likeness (QED) is 0.260. The van der Waals surface area contributed by atoms with Gasteiger partial charge in [-0.05, 0) is 47.4 Å². The molecule has 4 aromatic carbocycles. The van der Waals surface area contributed by atoms with Crippen molar-refractivity contribution >= 4 is 22.5 Å². The molecule has 1 aliphatic rings. The Labute approximate surface area is 217 Å². The molecule has 188 valence electrons. The van der Waals surface area contributed by atoms with E-state index in [2.05, 4.69) is 60.8 Å². The van der Waals surface area contributed by atoms with Crippen molar-refractivity contribution in [1.82, 2.24) is 5.32 Å². The number of carbonyl (C=O) groups is 2. The second-order valence-electron chi connectivity index (χ2n) is 9.71. The first-order valence-electron chi connectivity index (χ1n) is 12.8. The standard InChI is InChI=1S/C32H31NO4/c1-21(26-14-7-9-22-8-2-3-12-27(22)26)33-20-25-19-29(28-13-4-5-15-31(28)37-25)23-10-6-11-24(18-23)30(34)16-17-32(35)36/h2-15,18,21,25,29,33H,16-17,19-20H2,1H3,(H,35,36)/t21-,25-,29+/m1/s1. The van der Waals surface area contributed by atoms with E-state index >= 15 is 0 Å². The van der Waals surface area contributed by atoms with Gasteiger partial charge in [-0.15, -0.1) is 0 Å². The molecule has 2 N–H and O–H groups in total. The molecule has 0 bridgehead atoms. The Morgan fingerprint density at radius 3 is 2.57 bits per heavy atom. The third-order valence-electron chi connectivity index (χ3n) is 7.21. The van der Waals surface area contributed by atoms with Crippen molar-refractivity contribution in [2.45, 2.75) is 44.2 Å². The summed E-state index contributed by atoms with van der Waals surface area (Å²) in [5.41, 5.74) is 3.97. The Kier molecular flexibility index (Phi) is 7.33. The van der Waals surface area contributed by atoms with Crippen LogP contribution in [0.5, 0.6) is 5.75 Å². The summed E-state index contributed by atoms with van der Waals surface area (Å²) < 4.78 is 6.41. The average Bonchev–Trinajstić information content (AvgIpc) is 2.93. The van der Waals surface area contributed by atoms with E-state index in [9.17, 15) is 9.59 Å². The fourth-order valence-corrected chi connectivity index (χ4v) is 5.27. The van der Waals surface area contributed by atoms with Gasteiger partial charge in [0.25, 0.3) is 0 Å². The smallest absolute Gasteiger partial charge is 0.303 e. The molecule has 1 heterocycles. The van der Waals surface area contributed by atoms with Crippen molar-refractivity contribution in [2.24, 2.45) is 0 Å². The predicted octanol–water partition coefficient (Wildman–Crippen LogP) is 6.52. The topological polar surface area (TPSA) is 75.6 Å². The fourth-order valence-electron chi connectivity index (χ4n) is 5.27. The van der Waals surface area contributed by atoms with Crippen LogP contribution in [0.1, 0.15) is 65.2 Å². The molecule has 0 spiro atoms. The van der Waals surface area contributed by atoms with Crippen LogP contribution < -0.4 is 10.1 Å². The largest absolute Gasteiger partial charge is 0.489 e. The lowest BCUT2D eigenvalue weighted by Gasteiger charge is -2.33. The number of fused-ring (bicyclic) bond motifs is 2. The van der Waals surface area contributed by atoms with Crippen LogP contribution in [0, 0.1) is 0 Å². The molecule has 37 heavy (non-hydrogen) atoms. The fraction of sp³-hybridized carbons (Fsp3) is 0.250. The van der Waals surface area contributed by atoms with Crippen molar-refractivity contribution in [3.8, 4) is 5.75 Å². The third-order valence-corrected chi connectivity index (χ3v) is 7.21. The minimum Gasteiger partial charge on any atom is -0.489 e. The Hall–Kier alpha value is -3.96. The number of hydrogen-bond donors (Lipinski definition) is 2. The van der Waals surface area contributed by atoms with Crippen molar-refractivity contribution in [3.05, 3.63) is 113 Å². The maximum Gasteiger partial charge on any atom is 0.303 e. The van der Waals surface area contributed by atoms with E-state index in [-0.39, 0.29) is 36.7 Å². The van der Waals surface area contributed by atoms with Gasteiger partial charge in [0.05, 0.1) is 6.42 Å². The Balaban J connectivity index is 1.34. The summed E-state index contributed by atoms with van der Waals surface area (Å²) in [5.74, 6) is -0.162. The molecule has 0 saturated heterocycles. The van der Waals surface area contributed by atoms with E-state index in [1.54, 1.807) is 6.07 Å². The maximum atomic E-state index is 12.6. The first-order valence-corrected chi connectivity index (χ1v) is 12.8. The minimum atomic E-state index is -0.962. The van der Waals surface area contributed by atoms with Gasteiger partial charge in [-0.3, -0.25) is 9.59 Å². The van der Waals surface area contributed by atoms with Gasteiger partial charge in [-0.1, -0.05) is 78.9 Å². The number of hydrogen-bond acceptors (Lipinski definition) is 4. The molecule has 3 atom stereocenters. The van der Waals surface area contributed by atoms with E-state index in [0.29, 0.717) is 12.1 Å². The molecule has 0 fully saturated rings. The molecule has 0 radical (unpaired) electrons. The number of para-hydroxylation sites is 1. The molecule has 0 aromatic heterocycles. The van der Waals surface area contributed by atoms with E-state index in [1.807, 2.05) is 36.4 Å². The average molecular weight is 494 g/mol. The maximum absolute atomic E-state index is 12.6. The Morgan fingerprint density at radius 2 is 1.70 bits per heavy atom. The highest BCUT2D eigenvalue weighted by atomic mass is 16.5. The lowest BCUT2D eigenvalue weighted by molar-refractivity contribution is -0.136. The zero-order chi connectivity index (χ0) is 25.8. The van der Waals surface area contributed by atoms with Crippen LogP contribution >= 0.6 is 0 Å². The summed E-state index contributed by atoms with van der Waals surface area (Å²) in [7, 11) is 0. The number of benzene rings is 4. The summed E-state index contributed by atoms with van der Waals surface area (Å²) in [4.78, 5) is 23.5. The first kappa shape index (κ1) is 24.7. The SMILES string of the molecule is C[C@@H](NC[C@H]1C[C@@H](c2cccc(C(=O)CCC(=O)O)c2)c2ccccc2O1)c1cccc2ccccc12. The molecule has 0 unspecified atom stereocenters. The molecule has 0 amide bonds. The second kappa shape index (κ2) is 11.0. The summed E-state index contributed by atoms with van der Waals surface area (Å²) in [6.45, 7) is 2.87. The van der Waals surface area contributed by atoms with Crippen LogP contribution in [0.2, 0.25) is 0 Å². The van der Waals surface area contributed by atoms with Gasteiger partial charge >= 0.3 is 5.97 Å². The Morgan fingerprint density at radius 1 is 0.946 bits per heavy atom. The van der Waals surface area contributed by atoms with Crippen molar-refractivity contribution in [3.63, 3.8) is 0 Å². The molecule has 5 heteroatoms. The number of carbonyl (C=O) groups excluding carboxylic acids is 1. The molecule has 0 aliphatic carbocycles. The van der Waals surface area contributed by atoms with Crippen molar-refractivity contribution < 1.29 is 19.4 Å². The normalized spacial score (nSPS) is 17.5. The van der Waals surface area contributed by atoms with Crippen LogP contribution in [0.15, 0.2) is 91.0 Å². The molecule has 1 aliphatic heterocycles. The number of Topliss-reactive ketones (excluding diaryl/α,β-unsaturated/α-hetero) is 1. The molecule has 4 aromatic rings. The van der Waals surface area contributed by atoms with Crippen LogP contribution in [0.3, 0.4) is 0 Å². The number of carboxylic acids is 1. The molecule has 5 rings (SSSR count). The number of carboxylic acid groups (broad SMARTS) is 1. The molecular formula is C32H31NO4. The highest BCUT2D eigenvalue weighted by Crippen LogP contribution is 2.40. The number of rotatable bonds is 9. The second-order valence-corrected chi connectivity index (χ2v) is 9.71. The zero-order valence-corrected chi connectivity index (χ0v) is 20.9. The lowest BCUT2D eigenvalue weighted by atomic mass is 9.83. The number of aliphatic carboxylic acids is 1. The minimum absolute atomic E-state index is 0.00174. The van der Waals surface area contributed by atoms with Crippen LogP contribution in [0.25, 0.3) is 10.8 Å². The zero-order valence-electron chi connectivity index (χ0n) is 20.9. The van der Waals surface area contributed by atoms with Crippen LogP contribution in [-0.2, 0) is 4.79 Å². The van der Waals surface area contributed by atoms with Gasteiger partial charge in [0.1, 0.15) is 11.9 Å². The van der Waals surface area contributed by atoms with Gasteiger partial charge < -0.3 is 15.2 Å². The van der Waals surface area contributed by atoms with Gasteiger partial charge in [-0.25, -0.2) is 0 Å². The predicted molar refractivity (Wildman–Crippen MR) is 145 cm³/mol. The highest BCUT2D eigenvalue weighted by molar-refractivity contribution is 5.97. The summed E-state index contributed by atoms with van der Waals surface area (Å²) in [6.07, 6.45) is 0.579.